The van der Waals surface area contributed by atoms with E-state index in [1.807, 2.05) is 11.8 Å². The van der Waals surface area contributed by atoms with Crippen molar-refractivity contribution in [1.29, 1.82) is 0 Å². The lowest BCUT2D eigenvalue weighted by molar-refractivity contribution is 0.0698. The number of hydrogen-bond acceptors (Lipinski definition) is 3. The van der Waals surface area contributed by atoms with E-state index in [-0.39, 0.29) is 16.3 Å². The van der Waals surface area contributed by atoms with Crippen molar-refractivity contribution in [2.45, 2.75) is 12.8 Å². The minimum Gasteiger partial charge on any atom is -0.478 e. The van der Waals surface area contributed by atoms with Crippen LogP contribution in [0.1, 0.15) is 23.2 Å². The van der Waals surface area contributed by atoms with Gasteiger partial charge in [-0.25, -0.2) is 9.59 Å². The molecule has 3 N–H and O–H groups in total. The Morgan fingerprint density at radius 2 is 2.05 bits per heavy atom. The maximum absolute atomic E-state index is 11.9. The molecule has 1 fully saturated rings. The lowest BCUT2D eigenvalue weighted by Gasteiger charge is -2.21. The Labute approximate surface area is 132 Å². The van der Waals surface area contributed by atoms with Gasteiger partial charge >= 0.3 is 12.0 Å². The van der Waals surface area contributed by atoms with Gasteiger partial charge in [0.25, 0.3) is 0 Å². The minimum atomic E-state index is -1.17. The van der Waals surface area contributed by atoms with Gasteiger partial charge in [0.1, 0.15) is 5.56 Å². The van der Waals surface area contributed by atoms with Crippen LogP contribution in [-0.2, 0) is 0 Å². The van der Waals surface area contributed by atoms with E-state index in [0.717, 1.165) is 24.3 Å². The fraction of sp³-hybridized carbons (Fsp3) is 0.429. The van der Waals surface area contributed by atoms with E-state index in [2.05, 4.69) is 10.6 Å². The number of amides is 2. The maximum atomic E-state index is 11.9. The molecular formula is C14H17ClN2O3S. The van der Waals surface area contributed by atoms with Gasteiger partial charge in [-0.3, -0.25) is 0 Å². The van der Waals surface area contributed by atoms with E-state index in [1.165, 1.54) is 12.1 Å². The molecule has 0 atom stereocenters. The molecule has 114 valence electrons. The Morgan fingerprint density at radius 1 is 1.33 bits per heavy atom. The molecule has 1 heterocycles. The van der Waals surface area contributed by atoms with Crippen LogP contribution >= 0.6 is 23.4 Å². The molecule has 1 aromatic carbocycles. The van der Waals surface area contributed by atoms with Crippen LogP contribution in [0, 0.1) is 5.92 Å². The first kappa shape index (κ1) is 16.0. The molecule has 0 bridgehead atoms. The summed E-state index contributed by atoms with van der Waals surface area (Å²) in [6.45, 7) is 0.607. The summed E-state index contributed by atoms with van der Waals surface area (Å²) in [5.41, 5.74) is 0.107. The number of nitrogens with one attached hydrogen (secondary N) is 2. The van der Waals surface area contributed by atoms with Gasteiger partial charge in [-0.1, -0.05) is 17.7 Å². The zero-order valence-corrected chi connectivity index (χ0v) is 13.0. The summed E-state index contributed by atoms with van der Waals surface area (Å²) < 4.78 is 0. The third-order valence-electron chi connectivity index (χ3n) is 3.37. The number of halogens is 1. The zero-order chi connectivity index (χ0) is 15.2. The van der Waals surface area contributed by atoms with E-state index in [0.29, 0.717) is 12.5 Å². The minimum absolute atomic E-state index is 0.0941. The largest absolute Gasteiger partial charge is 0.478 e. The van der Waals surface area contributed by atoms with Crippen LogP contribution in [0.15, 0.2) is 18.2 Å². The Morgan fingerprint density at radius 3 is 2.71 bits per heavy atom. The molecule has 1 aliphatic heterocycles. The van der Waals surface area contributed by atoms with Crippen molar-refractivity contribution in [3.8, 4) is 0 Å². The third-order valence-corrected chi connectivity index (χ3v) is 4.73. The van der Waals surface area contributed by atoms with Crippen LogP contribution in [0.25, 0.3) is 0 Å². The number of hydrogen-bond donors (Lipinski definition) is 3. The predicted octanol–water partition coefficient (Wildman–Crippen LogP) is 3.30. The van der Waals surface area contributed by atoms with Crippen LogP contribution in [-0.4, -0.2) is 35.2 Å². The summed E-state index contributed by atoms with van der Waals surface area (Å²) in [7, 11) is 0. The fourth-order valence-electron chi connectivity index (χ4n) is 2.20. The summed E-state index contributed by atoms with van der Waals surface area (Å²) in [4.78, 5) is 23.0. The number of thioether (sulfide) groups is 1. The molecule has 0 saturated carbocycles. The van der Waals surface area contributed by atoms with E-state index in [4.69, 9.17) is 16.7 Å². The molecule has 0 unspecified atom stereocenters. The second-order valence-electron chi connectivity index (χ2n) is 4.86. The van der Waals surface area contributed by atoms with Gasteiger partial charge < -0.3 is 15.7 Å². The monoisotopic (exact) mass is 328 g/mol. The molecule has 1 saturated heterocycles. The molecule has 2 rings (SSSR count). The normalized spacial score (nSPS) is 15.5. The molecular weight excluding hydrogens is 312 g/mol. The molecule has 0 aliphatic carbocycles. The summed E-state index contributed by atoms with van der Waals surface area (Å²) in [5.74, 6) is 1.59. The van der Waals surface area contributed by atoms with Crippen LogP contribution in [0.2, 0.25) is 5.02 Å². The van der Waals surface area contributed by atoms with Crippen molar-refractivity contribution in [2.75, 3.05) is 23.4 Å². The van der Waals surface area contributed by atoms with Gasteiger partial charge in [0.15, 0.2) is 0 Å². The van der Waals surface area contributed by atoms with Gasteiger partial charge in [0, 0.05) is 6.54 Å². The average Bonchev–Trinajstić information content (AvgIpc) is 2.46. The smallest absolute Gasteiger partial charge is 0.339 e. The molecule has 7 heteroatoms. The standard InChI is InChI=1S/C14H17ClN2O3S/c15-10-2-1-3-11(12(10)13(18)19)17-14(20)16-8-9-4-6-21-7-5-9/h1-3,9H,4-8H2,(H,18,19)(H2,16,17,20). The Kier molecular flexibility index (Phi) is 5.76. The second-order valence-corrected chi connectivity index (χ2v) is 6.49. The number of aromatic carboxylic acids is 1. The second kappa shape index (κ2) is 7.56. The summed E-state index contributed by atoms with van der Waals surface area (Å²) in [6, 6.07) is 4.20. The van der Waals surface area contributed by atoms with Gasteiger partial charge in [0.05, 0.1) is 10.7 Å². The van der Waals surface area contributed by atoms with Crippen molar-refractivity contribution >= 4 is 41.1 Å². The lowest BCUT2D eigenvalue weighted by Crippen LogP contribution is -2.34. The first-order valence-electron chi connectivity index (χ1n) is 6.72. The molecule has 0 spiro atoms. The van der Waals surface area contributed by atoms with Gasteiger partial charge in [-0.2, -0.15) is 11.8 Å². The molecule has 2 amide bonds. The van der Waals surface area contributed by atoms with E-state index in [9.17, 15) is 9.59 Å². The number of carboxylic acid groups (broad SMARTS) is 1. The highest BCUT2D eigenvalue weighted by atomic mass is 35.5. The van der Waals surface area contributed by atoms with E-state index in [1.54, 1.807) is 6.07 Å². The van der Waals surface area contributed by atoms with Crippen molar-refractivity contribution in [3.05, 3.63) is 28.8 Å². The van der Waals surface area contributed by atoms with Crippen LogP contribution in [0.5, 0.6) is 0 Å². The molecule has 0 aromatic heterocycles. The highest BCUT2D eigenvalue weighted by Gasteiger charge is 2.17. The number of anilines is 1. The van der Waals surface area contributed by atoms with Crippen molar-refractivity contribution in [1.82, 2.24) is 5.32 Å². The van der Waals surface area contributed by atoms with Crippen LogP contribution < -0.4 is 10.6 Å². The average molecular weight is 329 g/mol. The van der Waals surface area contributed by atoms with Crippen LogP contribution in [0.4, 0.5) is 10.5 Å². The molecule has 0 radical (unpaired) electrons. The Balaban J connectivity index is 1.93. The third kappa shape index (κ3) is 4.54. The number of benzene rings is 1. The molecule has 1 aliphatic rings. The first-order valence-corrected chi connectivity index (χ1v) is 8.25. The number of rotatable bonds is 4. The quantitative estimate of drug-likeness (QED) is 0.792. The molecule has 1 aromatic rings. The van der Waals surface area contributed by atoms with Crippen molar-refractivity contribution in [3.63, 3.8) is 0 Å². The van der Waals surface area contributed by atoms with Gasteiger partial charge in [-0.05, 0) is 42.4 Å². The highest BCUT2D eigenvalue weighted by Crippen LogP contribution is 2.24. The van der Waals surface area contributed by atoms with Crippen LogP contribution in [0.3, 0.4) is 0 Å². The lowest BCUT2D eigenvalue weighted by atomic mass is 10.0. The number of carbonyl (C=O) groups is 2. The fourth-order valence-corrected chi connectivity index (χ4v) is 3.66. The first-order chi connectivity index (χ1) is 10.1. The summed E-state index contributed by atoms with van der Waals surface area (Å²) in [5, 5.41) is 14.6. The Hall–Kier alpha value is -1.40. The van der Waals surface area contributed by atoms with E-state index >= 15 is 0 Å². The SMILES string of the molecule is O=C(NCC1CCSCC1)Nc1cccc(Cl)c1C(=O)O. The number of carbonyl (C=O) groups excluding carboxylic acids is 1. The summed E-state index contributed by atoms with van der Waals surface area (Å²) in [6.07, 6.45) is 2.20. The van der Waals surface area contributed by atoms with Gasteiger partial charge in [-0.15, -0.1) is 0 Å². The zero-order valence-electron chi connectivity index (χ0n) is 11.4. The topological polar surface area (TPSA) is 78.4 Å². The van der Waals surface area contributed by atoms with Crippen molar-refractivity contribution in [2.24, 2.45) is 5.92 Å². The van der Waals surface area contributed by atoms with Gasteiger partial charge in [0.2, 0.25) is 0 Å². The Bertz CT molecular complexity index is 533. The highest BCUT2D eigenvalue weighted by molar-refractivity contribution is 7.99. The number of urea groups is 1. The van der Waals surface area contributed by atoms with E-state index < -0.39 is 12.0 Å². The maximum Gasteiger partial charge on any atom is 0.339 e. The molecule has 5 nitrogen and oxygen atoms in total. The predicted molar refractivity (Wildman–Crippen MR) is 85.5 cm³/mol. The van der Waals surface area contributed by atoms with Crippen molar-refractivity contribution < 1.29 is 14.7 Å². The number of carboxylic acids is 1. The molecule has 21 heavy (non-hydrogen) atoms. The summed E-state index contributed by atoms with van der Waals surface area (Å²) >= 11 is 7.79.